The number of hydrogen-bond acceptors (Lipinski definition) is 6. The Labute approximate surface area is 126 Å². The van der Waals surface area contributed by atoms with Crippen molar-refractivity contribution < 1.29 is 81.2 Å². The third kappa shape index (κ3) is 10.2. The molecular formula is C6H10BKO6. The van der Waals surface area contributed by atoms with Gasteiger partial charge in [0.15, 0.2) is 0 Å². The quantitative estimate of drug-likeness (QED) is 0.473. The summed E-state index contributed by atoms with van der Waals surface area (Å²) in [5.41, 5.74) is 0. The molecule has 8 heteroatoms. The standard InChI is InChI=1S/C6H9BO6.K.H/c1-4(8)11-7(12-5(2)9)13-6(3)10;;/h1-3H3;;/q;+1;-1. The normalized spacial score (nSPS) is 7.93. The first kappa shape index (κ1) is 16.5. The molecule has 6 nitrogen and oxygen atoms in total. The van der Waals surface area contributed by atoms with Gasteiger partial charge in [0, 0.05) is 20.8 Å². The summed E-state index contributed by atoms with van der Waals surface area (Å²) in [7, 11) is -1.59. The molecule has 0 rings (SSSR count). The zero-order valence-electron chi connectivity index (χ0n) is 9.53. The van der Waals surface area contributed by atoms with Crippen LogP contribution in [-0.2, 0) is 28.3 Å². The van der Waals surface area contributed by atoms with Crippen molar-refractivity contribution in [2.24, 2.45) is 0 Å². The second-order valence-electron chi connectivity index (χ2n) is 2.12. The molecule has 0 fully saturated rings. The minimum atomic E-state index is -1.59. The van der Waals surface area contributed by atoms with E-state index in [1.54, 1.807) is 0 Å². The van der Waals surface area contributed by atoms with Crippen LogP contribution >= 0.6 is 0 Å². The van der Waals surface area contributed by atoms with Gasteiger partial charge in [0.05, 0.1) is 0 Å². The van der Waals surface area contributed by atoms with Crippen LogP contribution in [0.4, 0.5) is 0 Å². The first-order valence-corrected chi connectivity index (χ1v) is 3.43. The Morgan fingerprint density at radius 1 is 0.857 bits per heavy atom. The first-order chi connectivity index (χ1) is 5.91. The molecule has 0 saturated heterocycles. The van der Waals surface area contributed by atoms with E-state index in [4.69, 9.17) is 0 Å². The van der Waals surface area contributed by atoms with Crippen LogP contribution in [0.25, 0.3) is 0 Å². The van der Waals surface area contributed by atoms with Gasteiger partial charge >= 0.3 is 58.7 Å². The minimum absolute atomic E-state index is 0. The summed E-state index contributed by atoms with van der Waals surface area (Å²) in [5, 5.41) is 0. The summed E-state index contributed by atoms with van der Waals surface area (Å²) in [4.78, 5) is 31.2. The van der Waals surface area contributed by atoms with E-state index in [0.29, 0.717) is 0 Å². The third-order valence-electron chi connectivity index (χ3n) is 0.787. The molecule has 0 aromatic heterocycles. The molecule has 0 radical (unpaired) electrons. The smallest absolute Gasteiger partial charge is 1.00 e. The van der Waals surface area contributed by atoms with Crippen molar-refractivity contribution in [2.45, 2.75) is 20.8 Å². The molecule has 0 spiro atoms. The summed E-state index contributed by atoms with van der Waals surface area (Å²) in [5.74, 6) is -2.15. The van der Waals surface area contributed by atoms with Crippen LogP contribution in [0.1, 0.15) is 22.2 Å². The zero-order chi connectivity index (χ0) is 10.4. The van der Waals surface area contributed by atoms with E-state index in [-0.39, 0.29) is 52.8 Å². The number of carbonyl (C=O) groups excluding carboxylic acids is 3. The van der Waals surface area contributed by atoms with Crippen LogP contribution in [0.15, 0.2) is 0 Å². The van der Waals surface area contributed by atoms with E-state index in [1.165, 1.54) is 0 Å². The molecule has 0 atom stereocenters. The minimum Gasteiger partial charge on any atom is -1.00 e. The van der Waals surface area contributed by atoms with Crippen molar-refractivity contribution in [3.8, 4) is 0 Å². The van der Waals surface area contributed by atoms with Gasteiger partial charge in [-0.3, -0.25) is 14.4 Å². The molecular weight excluding hydrogens is 218 g/mol. The fourth-order valence-electron chi connectivity index (χ4n) is 0.479. The zero-order valence-corrected chi connectivity index (χ0v) is 11.6. The van der Waals surface area contributed by atoms with Crippen LogP contribution in [0.5, 0.6) is 0 Å². The Balaban J connectivity index is -0.000000720. The van der Waals surface area contributed by atoms with Gasteiger partial charge in [-0.1, -0.05) is 0 Å². The molecule has 0 aliphatic heterocycles. The maximum absolute atomic E-state index is 10.4. The van der Waals surface area contributed by atoms with Gasteiger partial charge in [-0.15, -0.1) is 0 Å². The molecule has 0 aromatic carbocycles. The van der Waals surface area contributed by atoms with Gasteiger partial charge in [0.2, 0.25) is 0 Å². The molecule has 74 valence electrons. The number of carbonyl (C=O) groups is 3. The maximum Gasteiger partial charge on any atom is 1.00 e. The maximum atomic E-state index is 10.4. The fourth-order valence-corrected chi connectivity index (χ4v) is 0.479. The second-order valence-corrected chi connectivity index (χ2v) is 2.12. The topological polar surface area (TPSA) is 78.9 Å². The third-order valence-corrected chi connectivity index (χ3v) is 0.787. The Hall–Kier alpha value is 0.111. The Kier molecular flexibility index (Phi) is 9.95. The average Bonchev–Trinajstić information content (AvgIpc) is 1.80. The summed E-state index contributed by atoms with van der Waals surface area (Å²) in [6, 6.07) is 0. The molecule has 0 aliphatic carbocycles. The molecule has 0 aliphatic rings. The Morgan fingerprint density at radius 3 is 1.21 bits per heavy atom. The predicted octanol–water partition coefficient (Wildman–Crippen LogP) is -3.22. The van der Waals surface area contributed by atoms with Crippen molar-refractivity contribution in [1.29, 1.82) is 0 Å². The largest absolute Gasteiger partial charge is 1.00 e. The van der Waals surface area contributed by atoms with Crippen LogP contribution in [0.3, 0.4) is 0 Å². The van der Waals surface area contributed by atoms with E-state index >= 15 is 0 Å². The van der Waals surface area contributed by atoms with Gasteiger partial charge in [-0.25, -0.2) is 0 Å². The van der Waals surface area contributed by atoms with Gasteiger partial charge in [0.25, 0.3) is 17.9 Å². The molecule has 14 heavy (non-hydrogen) atoms. The summed E-state index contributed by atoms with van der Waals surface area (Å²) >= 11 is 0. The second kappa shape index (κ2) is 8.42. The molecule has 0 bridgehead atoms. The molecule has 0 heterocycles. The molecule has 0 saturated carbocycles. The van der Waals surface area contributed by atoms with E-state index in [9.17, 15) is 14.4 Å². The molecule has 0 amide bonds. The van der Waals surface area contributed by atoms with Crippen LogP contribution in [0.2, 0.25) is 0 Å². The van der Waals surface area contributed by atoms with Crippen molar-refractivity contribution in [2.75, 3.05) is 0 Å². The van der Waals surface area contributed by atoms with Crippen molar-refractivity contribution in [3.05, 3.63) is 0 Å². The van der Waals surface area contributed by atoms with Crippen LogP contribution < -0.4 is 51.4 Å². The van der Waals surface area contributed by atoms with Gasteiger partial charge in [-0.2, -0.15) is 0 Å². The molecule has 0 N–H and O–H groups in total. The summed E-state index contributed by atoms with van der Waals surface area (Å²) < 4.78 is 13.0. The SMILES string of the molecule is CC(=O)OB(OC(C)=O)OC(C)=O.[H-].[K+]. The molecule has 0 unspecified atom stereocenters. The summed E-state index contributed by atoms with van der Waals surface area (Å²) in [6.45, 7) is 3.29. The van der Waals surface area contributed by atoms with E-state index < -0.39 is 25.2 Å². The van der Waals surface area contributed by atoms with E-state index in [1.807, 2.05) is 0 Å². The predicted molar refractivity (Wildman–Crippen MR) is 42.2 cm³/mol. The Bertz CT molecular complexity index is 198. The monoisotopic (exact) mass is 228 g/mol. The van der Waals surface area contributed by atoms with Crippen molar-refractivity contribution >= 4 is 25.2 Å². The van der Waals surface area contributed by atoms with Gasteiger partial charge in [0.1, 0.15) is 0 Å². The number of hydrogen-bond donors (Lipinski definition) is 0. The van der Waals surface area contributed by atoms with Crippen LogP contribution in [-0.4, -0.2) is 25.2 Å². The van der Waals surface area contributed by atoms with E-state index in [0.717, 1.165) is 20.8 Å². The first-order valence-electron chi connectivity index (χ1n) is 3.43. The van der Waals surface area contributed by atoms with Crippen LogP contribution in [0, 0.1) is 0 Å². The molecule has 0 aromatic rings. The number of rotatable bonds is 3. The van der Waals surface area contributed by atoms with E-state index in [2.05, 4.69) is 14.0 Å². The van der Waals surface area contributed by atoms with Gasteiger partial charge in [-0.05, 0) is 0 Å². The summed E-state index contributed by atoms with van der Waals surface area (Å²) in [6.07, 6.45) is 0. The van der Waals surface area contributed by atoms with Crippen molar-refractivity contribution in [1.82, 2.24) is 0 Å². The van der Waals surface area contributed by atoms with Crippen molar-refractivity contribution in [3.63, 3.8) is 0 Å². The van der Waals surface area contributed by atoms with Gasteiger partial charge < -0.3 is 15.4 Å². The Morgan fingerprint density at radius 2 is 1.07 bits per heavy atom. The fraction of sp³-hybridized carbons (Fsp3) is 0.500. The average molecular weight is 228 g/mol.